The number of likely N-dealkylation sites (tertiary alicyclic amines) is 1. The van der Waals surface area contributed by atoms with Crippen LogP contribution in [0.25, 0.3) is 0 Å². The number of anilines is 1. The minimum Gasteiger partial charge on any atom is -0.305 e. The van der Waals surface area contributed by atoms with Crippen LogP contribution in [-0.2, 0) is 4.79 Å². The van der Waals surface area contributed by atoms with Crippen molar-refractivity contribution in [3.8, 4) is 0 Å². The van der Waals surface area contributed by atoms with E-state index in [0.717, 1.165) is 25.9 Å². The fourth-order valence-electron chi connectivity index (χ4n) is 2.20. The zero-order valence-corrected chi connectivity index (χ0v) is 12.4. The van der Waals surface area contributed by atoms with Crippen molar-refractivity contribution in [3.63, 3.8) is 0 Å². The number of hydrazine groups is 1. The lowest BCUT2D eigenvalue weighted by Gasteiger charge is -2.25. The van der Waals surface area contributed by atoms with E-state index in [1.807, 2.05) is 0 Å². The molecule has 0 radical (unpaired) electrons. The summed E-state index contributed by atoms with van der Waals surface area (Å²) in [6.45, 7) is 2.16. The second-order valence-electron chi connectivity index (χ2n) is 4.94. The maximum atomic E-state index is 11.7. The summed E-state index contributed by atoms with van der Waals surface area (Å²) in [7, 11) is 0. The number of hydrogen-bond acceptors (Lipinski definition) is 3. The highest BCUT2D eigenvalue weighted by atomic mass is 35.5. The third-order valence-electron chi connectivity index (χ3n) is 3.25. The monoisotopic (exact) mass is 310 g/mol. The molecule has 3 amide bonds. The molecule has 0 atom stereocenters. The van der Waals surface area contributed by atoms with E-state index in [1.165, 1.54) is 6.42 Å². The number of amides is 3. The van der Waals surface area contributed by atoms with Gasteiger partial charge in [-0.05, 0) is 38.1 Å². The van der Waals surface area contributed by atoms with Crippen LogP contribution in [0.15, 0.2) is 24.3 Å². The molecule has 0 spiro atoms. The van der Waals surface area contributed by atoms with Crippen LogP contribution in [0.1, 0.15) is 19.3 Å². The molecule has 7 heteroatoms. The summed E-state index contributed by atoms with van der Waals surface area (Å²) < 4.78 is 0. The van der Waals surface area contributed by atoms with Gasteiger partial charge in [0.1, 0.15) is 0 Å². The van der Waals surface area contributed by atoms with Crippen LogP contribution in [0, 0.1) is 0 Å². The van der Waals surface area contributed by atoms with Crippen molar-refractivity contribution in [1.29, 1.82) is 0 Å². The standard InChI is InChI=1S/C14H19ClN4O2/c15-11-6-2-3-7-12(11)16-14(21)18-17-13(20)10-19-8-4-1-5-9-19/h2-3,6-7H,1,4-5,8-10H2,(H,17,20)(H2,16,18,21). The molecule has 6 nitrogen and oxygen atoms in total. The zero-order valence-electron chi connectivity index (χ0n) is 11.7. The number of piperidine rings is 1. The van der Waals surface area contributed by atoms with Gasteiger partial charge in [0.2, 0.25) is 0 Å². The number of carbonyl (C=O) groups is 2. The maximum absolute atomic E-state index is 11.7. The Bertz CT molecular complexity index is 504. The minimum absolute atomic E-state index is 0.230. The lowest BCUT2D eigenvalue weighted by molar-refractivity contribution is -0.123. The normalized spacial score (nSPS) is 15.3. The van der Waals surface area contributed by atoms with Crippen LogP contribution < -0.4 is 16.2 Å². The van der Waals surface area contributed by atoms with Crippen molar-refractivity contribution in [2.45, 2.75) is 19.3 Å². The predicted molar refractivity (Wildman–Crippen MR) is 82.0 cm³/mol. The maximum Gasteiger partial charge on any atom is 0.337 e. The number of urea groups is 1. The Labute approximate surface area is 128 Å². The fourth-order valence-corrected chi connectivity index (χ4v) is 2.39. The Hall–Kier alpha value is -1.79. The van der Waals surface area contributed by atoms with Crippen LogP contribution in [0.5, 0.6) is 0 Å². The summed E-state index contributed by atoms with van der Waals surface area (Å²) in [5, 5.41) is 3.00. The van der Waals surface area contributed by atoms with Crippen molar-refractivity contribution in [2.24, 2.45) is 0 Å². The van der Waals surface area contributed by atoms with Crippen LogP contribution in [0.4, 0.5) is 10.5 Å². The van der Waals surface area contributed by atoms with Crippen LogP contribution in [0.2, 0.25) is 5.02 Å². The third kappa shape index (κ3) is 5.24. The van der Waals surface area contributed by atoms with E-state index in [1.54, 1.807) is 24.3 Å². The number of halogens is 1. The third-order valence-corrected chi connectivity index (χ3v) is 3.58. The predicted octanol–water partition coefficient (Wildman–Crippen LogP) is 1.98. The Kier molecular flexibility index (Phi) is 5.83. The molecule has 1 heterocycles. The molecule has 2 rings (SSSR count). The van der Waals surface area contributed by atoms with Gasteiger partial charge in [-0.3, -0.25) is 15.1 Å². The molecule has 0 aromatic heterocycles. The first-order valence-corrected chi connectivity index (χ1v) is 7.35. The van der Waals surface area contributed by atoms with Crippen LogP contribution >= 0.6 is 11.6 Å². The van der Waals surface area contributed by atoms with Gasteiger partial charge >= 0.3 is 6.03 Å². The van der Waals surface area contributed by atoms with Crippen molar-refractivity contribution < 1.29 is 9.59 Å². The molecule has 3 N–H and O–H groups in total. The summed E-state index contributed by atoms with van der Waals surface area (Å²) in [4.78, 5) is 25.4. The SMILES string of the molecule is O=C(CN1CCCCC1)NNC(=O)Nc1ccccc1Cl. The molecule has 1 aliphatic rings. The Morgan fingerprint density at radius 1 is 1.10 bits per heavy atom. The second kappa shape index (κ2) is 7.85. The number of nitrogens with one attached hydrogen (secondary N) is 3. The van der Waals surface area contributed by atoms with E-state index in [9.17, 15) is 9.59 Å². The fraction of sp³-hybridized carbons (Fsp3) is 0.429. The first kappa shape index (κ1) is 15.6. The van der Waals surface area contributed by atoms with E-state index in [-0.39, 0.29) is 5.91 Å². The number of benzene rings is 1. The molecule has 1 saturated heterocycles. The summed E-state index contributed by atoms with van der Waals surface area (Å²) in [5.74, 6) is -0.230. The van der Waals surface area contributed by atoms with Gasteiger partial charge in [-0.25, -0.2) is 10.2 Å². The number of carbonyl (C=O) groups excluding carboxylic acids is 2. The van der Waals surface area contributed by atoms with Crippen LogP contribution in [-0.4, -0.2) is 36.5 Å². The quantitative estimate of drug-likeness (QED) is 0.747. The van der Waals surface area contributed by atoms with E-state index >= 15 is 0 Å². The summed E-state index contributed by atoms with van der Waals surface area (Å²) in [6, 6.07) is 6.35. The summed E-state index contributed by atoms with van der Waals surface area (Å²) in [5.41, 5.74) is 5.18. The number of rotatable bonds is 3. The van der Waals surface area contributed by atoms with Gasteiger partial charge in [-0.1, -0.05) is 30.2 Å². The molecule has 0 aliphatic carbocycles. The van der Waals surface area contributed by atoms with Crippen molar-refractivity contribution in [1.82, 2.24) is 15.8 Å². The van der Waals surface area contributed by atoms with Gasteiger partial charge in [-0.15, -0.1) is 0 Å². The second-order valence-corrected chi connectivity index (χ2v) is 5.35. The molecule has 0 bridgehead atoms. The Morgan fingerprint density at radius 3 is 2.52 bits per heavy atom. The van der Waals surface area contributed by atoms with Crippen molar-refractivity contribution >= 4 is 29.2 Å². The lowest BCUT2D eigenvalue weighted by atomic mass is 10.1. The number of hydrogen-bond donors (Lipinski definition) is 3. The molecule has 1 aromatic rings. The average Bonchev–Trinajstić information content (AvgIpc) is 2.49. The molecule has 1 aliphatic heterocycles. The van der Waals surface area contributed by atoms with Gasteiger partial charge in [0.15, 0.2) is 0 Å². The number of para-hydroxylation sites is 1. The highest BCUT2D eigenvalue weighted by Crippen LogP contribution is 2.19. The van der Waals surface area contributed by atoms with Crippen molar-refractivity contribution in [2.75, 3.05) is 25.0 Å². The van der Waals surface area contributed by atoms with Gasteiger partial charge in [0.05, 0.1) is 17.3 Å². The molecule has 0 unspecified atom stereocenters. The molecule has 0 saturated carbocycles. The van der Waals surface area contributed by atoms with E-state index < -0.39 is 6.03 Å². The van der Waals surface area contributed by atoms with Crippen molar-refractivity contribution in [3.05, 3.63) is 29.3 Å². The Morgan fingerprint density at radius 2 is 1.81 bits per heavy atom. The molecule has 21 heavy (non-hydrogen) atoms. The van der Waals surface area contributed by atoms with Gasteiger partial charge in [-0.2, -0.15) is 0 Å². The van der Waals surface area contributed by atoms with Gasteiger partial charge in [0, 0.05) is 0 Å². The first-order valence-electron chi connectivity index (χ1n) is 6.98. The molecular formula is C14H19ClN4O2. The highest BCUT2D eigenvalue weighted by Gasteiger charge is 2.14. The number of nitrogens with zero attached hydrogens (tertiary/aromatic N) is 1. The molecule has 1 fully saturated rings. The molecule has 1 aromatic carbocycles. The minimum atomic E-state index is -0.532. The van der Waals surface area contributed by atoms with E-state index in [2.05, 4.69) is 21.1 Å². The topological polar surface area (TPSA) is 73.5 Å². The Balaban J connectivity index is 1.71. The van der Waals surface area contributed by atoms with Gasteiger partial charge < -0.3 is 5.32 Å². The lowest BCUT2D eigenvalue weighted by Crippen LogP contribution is -2.48. The smallest absolute Gasteiger partial charge is 0.305 e. The average molecular weight is 311 g/mol. The summed E-state index contributed by atoms with van der Waals surface area (Å²) >= 11 is 5.92. The molecular weight excluding hydrogens is 292 g/mol. The largest absolute Gasteiger partial charge is 0.337 e. The van der Waals surface area contributed by atoms with E-state index in [0.29, 0.717) is 17.3 Å². The van der Waals surface area contributed by atoms with Crippen LogP contribution in [0.3, 0.4) is 0 Å². The summed E-state index contributed by atoms with van der Waals surface area (Å²) in [6.07, 6.45) is 3.46. The first-order chi connectivity index (χ1) is 10.1. The zero-order chi connectivity index (χ0) is 15.1. The highest BCUT2D eigenvalue weighted by molar-refractivity contribution is 6.33. The molecule has 114 valence electrons. The van der Waals surface area contributed by atoms with E-state index in [4.69, 9.17) is 11.6 Å². The van der Waals surface area contributed by atoms with Gasteiger partial charge in [0.25, 0.3) is 5.91 Å².